The van der Waals surface area contributed by atoms with E-state index < -0.39 is 24.6 Å². The third-order valence-electron chi connectivity index (χ3n) is 4.47. The van der Waals surface area contributed by atoms with Crippen molar-refractivity contribution in [1.29, 1.82) is 0 Å². The number of carbonyl (C=O) groups is 1. The number of nitrogens with zero attached hydrogens (tertiary/aromatic N) is 2. The number of aromatic nitrogens is 2. The molecule has 0 saturated heterocycles. The molecule has 0 fully saturated rings. The van der Waals surface area contributed by atoms with Crippen LogP contribution in [0.4, 0.5) is 18.9 Å². The number of aryl methyl sites for hydroxylation is 1. The van der Waals surface area contributed by atoms with Gasteiger partial charge in [0.15, 0.2) is 0 Å². The van der Waals surface area contributed by atoms with E-state index in [1.807, 2.05) is 30.3 Å². The van der Waals surface area contributed by atoms with Gasteiger partial charge in [-0.3, -0.25) is 9.48 Å². The summed E-state index contributed by atoms with van der Waals surface area (Å²) < 4.78 is 39.1. The zero-order chi connectivity index (χ0) is 21.0. The maximum Gasteiger partial charge on any atom is 0.391 e. The van der Waals surface area contributed by atoms with Gasteiger partial charge in [-0.05, 0) is 23.3 Å². The van der Waals surface area contributed by atoms with Gasteiger partial charge in [0, 0.05) is 19.2 Å². The predicted molar refractivity (Wildman–Crippen MR) is 102 cm³/mol. The molecule has 1 aromatic heterocycles. The zero-order valence-corrected chi connectivity index (χ0v) is 15.6. The molecular weight excluding hydrogens is 383 g/mol. The number of carbonyl (C=O) groups excluding carboxylic acids is 1. The van der Waals surface area contributed by atoms with Crippen molar-refractivity contribution in [2.24, 2.45) is 7.05 Å². The Morgan fingerprint density at radius 2 is 1.90 bits per heavy atom. The molecule has 1 heterocycles. The van der Waals surface area contributed by atoms with Gasteiger partial charge in [-0.1, -0.05) is 42.5 Å². The van der Waals surface area contributed by atoms with Crippen LogP contribution in [0.25, 0.3) is 0 Å². The first-order chi connectivity index (χ1) is 13.7. The number of benzene rings is 2. The van der Waals surface area contributed by atoms with Crippen molar-refractivity contribution in [1.82, 2.24) is 9.78 Å². The predicted octanol–water partition coefficient (Wildman–Crippen LogP) is 4.25. The number of nitrogens with one attached hydrogen (secondary N) is 1. The van der Waals surface area contributed by atoms with Crippen molar-refractivity contribution >= 4 is 11.6 Å². The van der Waals surface area contributed by atoms with Crippen LogP contribution in [-0.2, 0) is 13.5 Å². The minimum atomic E-state index is -4.49. The minimum Gasteiger partial charge on any atom is -0.388 e. The molecule has 8 heteroatoms. The van der Waals surface area contributed by atoms with Gasteiger partial charge in [0.1, 0.15) is 0 Å². The number of aliphatic hydroxyl groups is 1. The van der Waals surface area contributed by atoms with Gasteiger partial charge in [0.25, 0.3) is 5.91 Å². The van der Waals surface area contributed by atoms with Crippen LogP contribution >= 0.6 is 0 Å². The average molecular weight is 403 g/mol. The quantitative estimate of drug-likeness (QED) is 0.647. The molecule has 1 atom stereocenters. The number of aliphatic hydroxyl groups excluding tert-OH is 1. The van der Waals surface area contributed by atoms with Crippen LogP contribution in [0.2, 0.25) is 0 Å². The van der Waals surface area contributed by atoms with E-state index in [9.17, 15) is 23.1 Å². The summed E-state index contributed by atoms with van der Waals surface area (Å²) >= 11 is 0. The third-order valence-corrected chi connectivity index (χ3v) is 4.47. The summed E-state index contributed by atoms with van der Waals surface area (Å²) in [4.78, 5) is 12.7. The Morgan fingerprint density at radius 1 is 1.17 bits per heavy atom. The van der Waals surface area contributed by atoms with E-state index >= 15 is 0 Å². The Kier molecular flexibility index (Phi) is 6.03. The van der Waals surface area contributed by atoms with Crippen molar-refractivity contribution in [3.05, 3.63) is 83.2 Å². The lowest BCUT2D eigenvalue weighted by Crippen LogP contribution is -2.16. The first-order valence-corrected chi connectivity index (χ1v) is 8.94. The van der Waals surface area contributed by atoms with Crippen molar-refractivity contribution < 1.29 is 23.1 Å². The van der Waals surface area contributed by atoms with Gasteiger partial charge in [-0.15, -0.1) is 0 Å². The first-order valence-electron chi connectivity index (χ1n) is 8.94. The van der Waals surface area contributed by atoms with Crippen molar-refractivity contribution in [3.63, 3.8) is 0 Å². The van der Waals surface area contributed by atoms with Crippen LogP contribution in [0.3, 0.4) is 0 Å². The summed E-state index contributed by atoms with van der Waals surface area (Å²) in [6.45, 7) is 0. The molecule has 1 amide bonds. The Hall–Kier alpha value is -3.13. The minimum absolute atomic E-state index is 0.0795. The fraction of sp³-hybridized carbons (Fsp3) is 0.238. The molecule has 152 valence electrons. The molecule has 0 spiro atoms. The second-order valence-electron chi connectivity index (χ2n) is 6.71. The van der Waals surface area contributed by atoms with E-state index in [1.165, 1.54) is 24.4 Å². The normalized spacial score (nSPS) is 12.6. The Morgan fingerprint density at radius 3 is 2.59 bits per heavy atom. The van der Waals surface area contributed by atoms with E-state index in [-0.39, 0.29) is 5.56 Å². The van der Waals surface area contributed by atoms with Gasteiger partial charge in [-0.25, -0.2) is 0 Å². The van der Waals surface area contributed by atoms with Crippen molar-refractivity contribution in [2.75, 3.05) is 5.32 Å². The molecular formula is C21H20F3N3O2. The second-order valence-corrected chi connectivity index (χ2v) is 6.71. The number of rotatable bonds is 6. The fourth-order valence-corrected chi connectivity index (χ4v) is 3.01. The lowest BCUT2D eigenvalue weighted by atomic mass is 10.0. The third kappa shape index (κ3) is 5.45. The largest absolute Gasteiger partial charge is 0.391 e. The Labute approximate surface area is 165 Å². The summed E-state index contributed by atoms with van der Waals surface area (Å²) in [7, 11) is 1.74. The lowest BCUT2D eigenvalue weighted by molar-refractivity contribution is -0.154. The Balaban J connectivity index is 1.77. The van der Waals surface area contributed by atoms with Crippen LogP contribution in [-0.4, -0.2) is 27.0 Å². The molecule has 3 aromatic rings. The van der Waals surface area contributed by atoms with Gasteiger partial charge in [-0.2, -0.15) is 18.3 Å². The highest BCUT2D eigenvalue weighted by Gasteiger charge is 2.31. The van der Waals surface area contributed by atoms with E-state index in [1.54, 1.807) is 17.8 Å². The summed E-state index contributed by atoms with van der Waals surface area (Å²) in [5.74, 6) is -0.425. The van der Waals surface area contributed by atoms with E-state index in [0.29, 0.717) is 23.4 Å². The average Bonchev–Trinajstić information content (AvgIpc) is 3.02. The Bertz CT molecular complexity index is 984. The summed E-state index contributed by atoms with van der Waals surface area (Å²) in [5, 5.41) is 16.6. The molecule has 0 aliphatic carbocycles. The van der Waals surface area contributed by atoms with Crippen LogP contribution in [0, 0.1) is 0 Å². The standard InChI is InChI=1S/C21H20F3N3O2/c1-27-18(10-14-6-3-2-4-7-14)17(13-25-27)20(29)26-16-9-5-8-15(11-16)19(28)12-21(22,23)24/h2-9,11,13,19,28H,10,12H2,1H3,(H,26,29). The number of hydrogen-bond acceptors (Lipinski definition) is 3. The van der Waals surface area contributed by atoms with E-state index in [2.05, 4.69) is 10.4 Å². The molecule has 0 aliphatic rings. The first kappa shape index (κ1) is 20.6. The highest BCUT2D eigenvalue weighted by atomic mass is 19.4. The summed E-state index contributed by atoms with van der Waals surface area (Å²) in [6.07, 6.45) is -5.58. The summed E-state index contributed by atoms with van der Waals surface area (Å²) in [6, 6.07) is 15.4. The zero-order valence-electron chi connectivity index (χ0n) is 15.6. The number of anilines is 1. The van der Waals surface area contributed by atoms with Crippen molar-refractivity contribution in [3.8, 4) is 0 Å². The van der Waals surface area contributed by atoms with Gasteiger partial charge < -0.3 is 10.4 Å². The lowest BCUT2D eigenvalue weighted by Gasteiger charge is -2.15. The number of amides is 1. The molecule has 1 unspecified atom stereocenters. The molecule has 0 saturated carbocycles. The molecule has 29 heavy (non-hydrogen) atoms. The molecule has 0 aliphatic heterocycles. The number of alkyl halides is 3. The molecule has 5 nitrogen and oxygen atoms in total. The summed E-state index contributed by atoms with van der Waals surface area (Å²) in [5.41, 5.74) is 2.47. The molecule has 3 rings (SSSR count). The van der Waals surface area contributed by atoms with Gasteiger partial charge in [0.2, 0.25) is 0 Å². The van der Waals surface area contributed by atoms with Gasteiger partial charge in [0.05, 0.1) is 30.0 Å². The maximum absolute atomic E-state index is 12.7. The highest BCUT2D eigenvalue weighted by Crippen LogP contribution is 2.30. The topological polar surface area (TPSA) is 67.2 Å². The van der Waals surface area contributed by atoms with E-state index in [0.717, 1.165) is 5.56 Å². The number of halogens is 3. The smallest absolute Gasteiger partial charge is 0.388 e. The van der Waals surface area contributed by atoms with E-state index in [4.69, 9.17) is 0 Å². The molecule has 0 bridgehead atoms. The SMILES string of the molecule is Cn1ncc(C(=O)Nc2cccc(C(O)CC(F)(F)F)c2)c1Cc1ccccc1. The second kappa shape index (κ2) is 8.48. The van der Waals surface area contributed by atoms with Crippen LogP contribution < -0.4 is 5.32 Å². The van der Waals surface area contributed by atoms with Crippen molar-refractivity contribution in [2.45, 2.75) is 25.1 Å². The van der Waals surface area contributed by atoms with Crippen LogP contribution in [0.15, 0.2) is 60.8 Å². The number of hydrogen-bond donors (Lipinski definition) is 2. The van der Waals surface area contributed by atoms with Gasteiger partial charge >= 0.3 is 6.18 Å². The molecule has 0 radical (unpaired) electrons. The molecule has 2 aromatic carbocycles. The fourth-order valence-electron chi connectivity index (χ4n) is 3.01. The highest BCUT2D eigenvalue weighted by molar-refractivity contribution is 6.05. The van der Waals surface area contributed by atoms with Crippen LogP contribution in [0.5, 0.6) is 0 Å². The van der Waals surface area contributed by atoms with Crippen LogP contribution in [0.1, 0.15) is 39.7 Å². The monoisotopic (exact) mass is 403 g/mol. The molecule has 2 N–H and O–H groups in total. The maximum atomic E-state index is 12.7.